The zero-order valence-electron chi connectivity index (χ0n) is 15.6. The first-order valence-electron chi connectivity index (χ1n) is 8.45. The van der Waals surface area contributed by atoms with Crippen LogP contribution in [0.1, 0.15) is 24.5 Å². The van der Waals surface area contributed by atoms with Crippen molar-refractivity contribution in [2.45, 2.75) is 20.3 Å². The number of aryl methyl sites for hydroxylation is 1. The molecule has 0 radical (unpaired) electrons. The van der Waals surface area contributed by atoms with Crippen LogP contribution in [0.15, 0.2) is 47.6 Å². The summed E-state index contributed by atoms with van der Waals surface area (Å²) in [6, 6.07) is 13.4. The minimum absolute atomic E-state index is 0.148. The highest BCUT2D eigenvalue weighted by Crippen LogP contribution is 2.28. The Morgan fingerprint density at radius 3 is 2.35 bits per heavy atom. The Kier molecular flexibility index (Phi) is 7.02. The van der Waals surface area contributed by atoms with Gasteiger partial charge in [-0.25, -0.2) is 5.43 Å². The lowest BCUT2D eigenvalue weighted by Gasteiger charge is -2.11. The number of rotatable bonds is 8. The molecular weight excluding hydrogens is 330 g/mol. The molecule has 0 aromatic heterocycles. The first kappa shape index (κ1) is 19.3. The molecule has 0 aliphatic rings. The Balaban J connectivity index is 1.99. The normalized spacial score (nSPS) is 11.0. The third-order valence-corrected chi connectivity index (χ3v) is 3.87. The number of nitrogens with one attached hydrogen (secondary N) is 2. The van der Waals surface area contributed by atoms with E-state index in [-0.39, 0.29) is 12.5 Å². The highest BCUT2D eigenvalue weighted by molar-refractivity contribution is 6.01. The smallest absolute Gasteiger partial charge is 0.259 e. The summed E-state index contributed by atoms with van der Waals surface area (Å²) in [5.74, 6) is 1.06. The van der Waals surface area contributed by atoms with Gasteiger partial charge in [0.15, 0.2) is 11.5 Å². The lowest BCUT2D eigenvalue weighted by molar-refractivity contribution is -0.119. The van der Waals surface area contributed by atoms with Crippen LogP contribution in [0, 0.1) is 6.92 Å². The van der Waals surface area contributed by atoms with Crippen molar-refractivity contribution < 1.29 is 14.3 Å². The molecule has 0 unspecified atom stereocenters. The van der Waals surface area contributed by atoms with Crippen molar-refractivity contribution in [3.63, 3.8) is 0 Å². The van der Waals surface area contributed by atoms with Crippen molar-refractivity contribution in [2.24, 2.45) is 5.10 Å². The van der Waals surface area contributed by atoms with Gasteiger partial charge in [0.25, 0.3) is 5.91 Å². The van der Waals surface area contributed by atoms with E-state index in [0.29, 0.717) is 17.9 Å². The molecule has 0 bridgehead atoms. The molecule has 0 saturated heterocycles. The van der Waals surface area contributed by atoms with Gasteiger partial charge in [0, 0.05) is 11.3 Å². The minimum atomic E-state index is -0.211. The van der Waals surface area contributed by atoms with Gasteiger partial charge in [-0.3, -0.25) is 4.79 Å². The molecule has 0 aliphatic heterocycles. The fourth-order valence-electron chi connectivity index (χ4n) is 2.39. The molecule has 0 fully saturated rings. The Bertz CT molecular complexity index is 770. The SMILES string of the molecule is CC/C(=N\NC(=O)CNc1ccc(C)cc1)c1ccc(OC)c(OC)c1. The summed E-state index contributed by atoms with van der Waals surface area (Å²) in [7, 11) is 3.18. The number of benzene rings is 2. The number of hydrogen-bond donors (Lipinski definition) is 2. The molecule has 26 heavy (non-hydrogen) atoms. The van der Waals surface area contributed by atoms with Crippen LogP contribution in [0.5, 0.6) is 11.5 Å². The van der Waals surface area contributed by atoms with E-state index < -0.39 is 0 Å². The third-order valence-electron chi connectivity index (χ3n) is 3.87. The molecule has 6 nitrogen and oxygen atoms in total. The molecule has 2 aromatic carbocycles. The van der Waals surface area contributed by atoms with E-state index in [2.05, 4.69) is 15.8 Å². The molecule has 2 aromatic rings. The first-order valence-corrected chi connectivity index (χ1v) is 8.45. The van der Waals surface area contributed by atoms with E-state index in [1.807, 2.05) is 56.3 Å². The van der Waals surface area contributed by atoms with E-state index in [1.165, 1.54) is 5.56 Å². The van der Waals surface area contributed by atoms with Crippen molar-refractivity contribution >= 4 is 17.3 Å². The second-order valence-corrected chi connectivity index (χ2v) is 5.74. The fraction of sp³-hybridized carbons (Fsp3) is 0.300. The maximum atomic E-state index is 12.0. The van der Waals surface area contributed by atoms with Crippen LogP contribution in [0.4, 0.5) is 5.69 Å². The van der Waals surface area contributed by atoms with Gasteiger partial charge in [-0.1, -0.05) is 24.6 Å². The number of hydrogen-bond acceptors (Lipinski definition) is 5. The van der Waals surface area contributed by atoms with Crippen molar-refractivity contribution in [1.29, 1.82) is 0 Å². The van der Waals surface area contributed by atoms with Gasteiger partial charge in [-0.15, -0.1) is 0 Å². The van der Waals surface area contributed by atoms with Crippen LogP contribution >= 0.6 is 0 Å². The molecule has 138 valence electrons. The molecule has 2 rings (SSSR count). The van der Waals surface area contributed by atoms with Gasteiger partial charge in [0.1, 0.15) is 0 Å². The summed E-state index contributed by atoms with van der Waals surface area (Å²) >= 11 is 0. The Hall–Kier alpha value is -3.02. The van der Waals surface area contributed by atoms with Crippen molar-refractivity contribution in [3.8, 4) is 11.5 Å². The monoisotopic (exact) mass is 355 g/mol. The summed E-state index contributed by atoms with van der Waals surface area (Å²) < 4.78 is 10.6. The van der Waals surface area contributed by atoms with Crippen LogP contribution in [-0.2, 0) is 4.79 Å². The molecule has 2 N–H and O–H groups in total. The maximum Gasteiger partial charge on any atom is 0.259 e. The zero-order valence-corrected chi connectivity index (χ0v) is 15.6. The fourth-order valence-corrected chi connectivity index (χ4v) is 2.39. The number of anilines is 1. The second kappa shape index (κ2) is 9.46. The average Bonchev–Trinajstić information content (AvgIpc) is 2.67. The number of carbonyl (C=O) groups excluding carboxylic acids is 1. The van der Waals surface area contributed by atoms with Crippen molar-refractivity contribution in [3.05, 3.63) is 53.6 Å². The highest BCUT2D eigenvalue weighted by atomic mass is 16.5. The molecule has 0 aliphatic carbocycles. The number of hydrazone groups is 1. The number of amides is 1. The highest BCUT2D eigenvalue weighted by Gasteiger charge is 2.09. The van der Waals surface area contributed by atoms with Gasteiger partial charge in [0.05, 0.1) is 26.5 Å². The van der Waals surface area contributed by atoms with E-state index in [9.17, 15) is 4.79 Å². The Labute approximate surface area is 154 Å². The maximum absolute atomic E-state index is 12.0. The Morgan fingerprint density at radius 1 is 1.04 bits per heavy atom. The second-order valence-electron chi connectivity index (χ2n) is 5.74. The third kappa shape index (κ3) is 5.24. The van der Waals surface area contributed by atoms with Gasteiger partial charge < -0.3 is 14.8 Å². The first-order chi connectivity index (χ1) is 12.6. The van der Waals surface area contributed by atoms with Gasteiger partial charge in [-0.2, -0.15) is 5.10 Å². The molecule has 1 amide bonds. The van der Waals surface area contributed by atoms with Crippen LogP contribution in [-0.4, -0.2) is 32.4 Å². The van der Waals surface area contributed by atoms with E-state index in [1.54, 1.807) is 14.2 Å². The lowest BCUT2D eigenvalue weighted by Crippen LogP contribution is -2.27. The number of ether oxygens (including phenoxy) is 2. The van der Waals surface area contributed by atoms with E-state index >= 15 is 0 Å². The van der Waals surface area contributed by atoms with Crippen LogP contribution in [0.2, 0.25) is 0 Å². The van der Waals surface area contributed by atoms with Crippen LogP contribution in [0.25, 0.3) is 0 Å². The molecule has 0 saturated carbocycles. The topological polar surface area (TPSA) is 72.0 Å². The average molecular weight is 355 g/mol. The molecule has 0 spiro atoms. The number of nitrogens with zero attached hydrogens (tertiary/aromatic N) is 1. The molecule has 0 atom stereocenters. The molecular formula is C20H25N3O3. The van der Waals surface area contributed by atoms with Crippen molar-refractivity contribution in [1.82, 2.24) is 5.43 Å². The van der Waals surface area contributed by atoms with E-state index in [0.717, 1.165) is 17.0 Å². The zero-order chi connectivity index (χ0) is 18.9. The molecule has 0 heterocycles. The summed E-state index contributed by atoms with van der Waals surface area (Å²) in [5, 5.41) is 7.32. The number of methoxy groups -OCH3 is 2. The summed E-state index contributed by atoms with van der Waals surface area (Å²) in [6.07, 6.45) is 0.668. The predicted octanol–water partition coefficient (Wildman–Crippen LogP) is 3.35. The summed E-state index contributed by atoms with van der Waals surface area (Å²) in [6.45, 7) is 4.15. The predicted molar refractivity (Wildman–Crippen MR) is 104 cm³/mol. The van der Waals surface area contributed by atoms with Gasteiger partial charge >= 0.3 is 0 Å². The van der Waals surface area contributed by atoms with Gasteiger partial charge in [0.2, 0.25) is 0 Å². The van der Waals surface area contributed by atoms with Crippen LogP contribution in [0.3, 0.4) is 0 Å². The van der Waals surface area contributed by atoms with Crippen LogP contribution < -0.4 is 20.2 Å². The summed E-state index contributed by atoms with van der Waals surface area (Å²) in [5.41, 5.74) is 6.29. The largest absolute Gasteiger partial charge is 0.493 e. The minimum Gasteiger partial charge on any atom is -0.493 e. The standard InChI is InChI=1S/C20H25N3O3/c1-5-17(15-8-11-18(25-3)19(12-15)26-4)22-23-20(24)13-21-16-9-6-14(2)7-10-16/h6-12,21H,5,13H2,1-4H3,(H,23,24)/b22-17+. The molecule has 6 heteroatoms. The van der Waals surface area contributed by atoms with E-state index in [4.69, 9.17) is 9.47 Å². The quantitative estimate of drug-likeness (QED) is 0.563. The summed E-state index contributed by atoms with van der Waals surface area (Å²) in [4.78, 5) is 12.0. The Morgan fingerprint density at radius 2 is 1.73 bits per heavy atom. The van der Waals surface area contributed by atoms with Gasteiger partial charge in [-0.05, 0) is 43.7 Å². The lowest BCUT2D eigenvalue weighted by atomic mass is 10.1. The number of carbonyl (C=O) groups is 1. The van der Waals surface area contributed by atoms with Crippen molar-refractivity contribution in [2.75, 3.05) is 26.1 Å².